The van der Waals surface area contributed by atoms with Crippen molar-refractivity contribution in [1.82, 2.24) is 5.32 Å². The second kappa shape index (κ2) is 11.1. The lowest BCUT2D eigenvalue weighted by molar-refractivity contribution is -0.147. The number of nitrogens with zero attached hydrogens (tertiary/aromatic N) is 1. The summed E-state index contributed by atoms with van der Waals surface area (Å²) in [5.74, 6) is -0.551. The Hall–Kier alpha value is -1.81. The monoisotopic (exact) mass is 298 g/mol. The summed E-state index contributed by atoms with van der Waals surface area (Å²) < 4.78 is 4.64. The Morgan fingerprint density at radius 1 is 1.50 bits per heavy atom. The summed E-state index contributed by atoms with van der Waals surface area (Å²) >= 11 is 1.07. The first kappa shape index (κ1) is 18.2. The van der Waals surface area contributed by atoms with Crippen LogP contribution in [0.15, 0.2) is 12.7 Å². The zero-order valence-electron chi connectivity index (χ0n) is 11.4. The van der Waals surface area contributed by atoms with Gasteiger partial charge in [-0.1, -0.05) is 24.8 Å². The topological polar surface area (TPSA) is 96.3 Å². The van der Waals surface area contributed by atoms with Gasteiger partial charge in [0.25, 0.3) is 0 Å². The molecule has 0 aliphatic rings. The highest BCUT2D eigenvalue weighted by atomic mass is 32.2. The van der Waals surface area contributed by atoms with Crippen LogP contribution < -0.4 is 5.32 Å². The van der Waals surface area contributed by atoms with Crippen molar-refractivity contribution < 1.29 is 19.1 Å². The molecule has 0 aromatic heterocycles. The first-order valence-corrected chi connectivity index (χ1v) is 7.13. The standard InChI is InChI=1S/C13H18N2O4S/c1-3-5-6-11(16)15-10(9-12(17)20-4-2)13(18)19-8-7-14/h3,10H,1,4-6,8-9H2,2H3,(H,15,16). The van der Waals surface area contributed by atoms with E-state index >= 15 is 0 Å². The molecule has 1 atom stereocenters. The maximum atomic E-state index is 11.7. The SMILES string of the molecule is C=CCCC(=O)NC(CC(=O)SCC)C(=O)OCC#N. The van der Waals surface area contributed by atoms with Gasteiger partial charge in [-0.25, -0.2) is 4.79 Å². The summed E-state index contributed by atoms with van der Waals surface area (Å²) in [6, 6.07) is 0.612. The summed E-state index contributed by atoms with van der Waals surface area (Å²) in [5.41, 5.74) is 0. The van der Waals surface area contributed by atoms with Crippen molar-refractivity contribution in [3.8, 4) is 6.07 Å². The molecule has 0 spiro atoms. The van der Waals surface area contributed by atoms with E-state index in [1.54, 1.807) is 12.1 Å². The predicted molar refractivity (Wildman–Crippen MR) is 75.7 cm³/mol. The largest absolute Gasteiger partial charge is 0.449 e. The highest BCUT2D eigenvalue weighted by molar-refractivity contribution is 8.13. The van der Waals surface area contributed by atoms with Crippen LogP contribution in [0.3, 0.4) is 0 Å². The normalized spacial score (nSPS) is 11.0. The van der Waals surface area contributed by atoms with Crippen LogP contribution in [0.4, 0.5) is 0 Å². The molecule has 0 aromatic rings. The van der Waals surface area contributed by atoms with Crippen molar-refractivity contribution in [2.24, 2.45) is 0 Å². The Balaban J connectivity index is 4.56. The van der Waals surface area contributed by atoms with Crippen molar-refractivity contribution in [3.05, 3.63) is 12.7 Å². The molecule has 0 saturated heterocycles. The van der Waals surface area contributed by atoms with Gasteiger partial charge in [-0.05, 0) is 12.2 Å². The van der Waals surface area contributed by atoms with E-state index < -0.39 is 18.6 Å². The van der Waals surface area contributed by atoms with Gasteiger partial charge in [0.2, 0.25) is 5.91 Å². The number of amides is 1. The van der Waals surface area contributed by atoms with Crippen LogP contribution in [0.2, 0.25) is 0 Å². The van der Waals surface area contributed by atoms with Crippen LogP contribution in [0.25, 0.3) is 0 Å². The number of carbonyl (C=O) groups excluding carboxylic acids is 3. The van der Waals surface area contributed by atoms with E-state index in [-0.39, 0.29) is 23.9 Å². The van der Waals surface area contributed by atoms with Crippen LogP contribution in [-0.4, -0.2) is 35.4 Å². The molecule has 1 N–H and O–H groups in total. The fraction of sp³-hybridized carbons (Fsp3) is 0.538. The molecule has 20 heavy (non-hydrogen) atoms. The van der Waals surface area contributed by atoms with E-state index in [1.807, 2.05) is 6.92 Å². The number of esters is 1. The van der Waals surface area contributed by atoms with E-state index in [0.29, 0.717) is 12.2 Å². The van der Waals surface area contributed by atoms with E-state index in [4.69, 9.17) is 5.26 Å². The third-order valence-corrected chi connectivity index (χ3v) is 2.93. The Morgan fingerprint density at radius 2 is 2.20 bits per heavy atom. The van der Waals surface area contributed by atoms with Crippen LogP contribution in [0.1, 0.15) is 26.2 Å². The highest BCUT2D eigenvalue weighted by Gasteiger charge is 2.25. The number of nitriles is 1. The zero-order valence-corrected chi connectivity index (χ0v) is 12.2. The molecule has 1 amide bonds. The molecule has 7 heteroatoms. The molecule has 0 bridgehead atoms. The predicted octanol–water partition coefficient (Wildman–Crippen LogP) is 1.17. The lowest BCUT2D eigenvalue weighted by atomic mass is 10.2. The van der Waals surface area contributed by atoms with Crippen molar-refractivity contribution >= 4 is 28.8 Å². The molecule has 0 aromatic carbocycles. The maximum Gasteiger partial charge on any atom is 0.330 e. The van der Waals surface area contributed by atoms with Gasteiger partial charge < -0.3 is 10.1 Å². The van der Waals surface area contributed by atoms with E-state index in [1.165, 1.54) is 0 Å². The summed E-state index contributed by atoms with van der Waals surface area (Å²) in [6.45, 7) is 4.90. The molecule has 0 aliphatic carbocycles. The van der Waals surface area contributed by atoms with Gasteiger partial charge in [0, 0.05) is 12.8 Å². The van der Waals surface area contributed by atoms with Crippen molar-refractivity contribution in [2.45, 2.75) is 32.2 Å². The molecule has 0 rings (SSSR count). The Morgan fingerprint density at radius 3 is 2.75 bits per heavy atom. The van der Waals surface area contributed by atoms with E-state index in [2.05, 4.69) is 16.6 Å². The van der Waals surface area contributed by atoms with Crippen LogP contribution in [0, 0.1) is 11.3 Å². The molecular formula is C13H18N2O4S. The Kier molecular flexibility index (Phi) is 10.1. The average molecular weight is 298 g/mol. The molecule has 6 nitrogen and oxygen atoms in total. The second-order valence-corrected chi connectivity index (χ2v) is 5.04. The molecule has 0 fully saturated rings. The zero-order chi connectivity index (χ0) is 15.4. The quantitative estimate of drug-likeness (QED) is 0.507. The van der Waals surface area contributed by atoms with Crippen LogP contribution in [-0.2, 0) is 19.1 Å². The lowest BCUT2D eigenvalue weighted by Crippen LogP contribution is -2.43. The number of allylic oxidation sites excluding steroid dienone is 1. The van der Waals surface area contributed by atoms with Crippen LogP contribution >= 0.6 is 11.8 Å². The number of ether oxygens (including phenoxy) is 1. The molecule has 0 heterocycles. The van der Waals surface area contributed by atoms with Gasteiger partial charge in [0.15, 0.2) is 11.7 Å². The smallest absolute Gasteiger partial charge is 0.330 e. The third-order valence-electron chi connectivity index (χ3n) is 2.15. The number of thioether (sulfide) groups is 1. The average Bonchev–Trinajstić information content (AvgIpc) is 2.42. The van der Waals surface area contributed by atoms with Gasteiger partial charge in [-0.15, -0.1) is 6.58 Å². The minimum Gasteiger partial charge on any atom is -0.449 e. The minimum atomic E-state index is -1.05. The summed E-state index contributed by atoms with van der Waals surface area (Å²) in [4.78, 5) is 34.8. The van der Waals surface area contributed by atoms with Crippen molar-refractivity contribution in [3.63, 3.8) is 0 Å². The first-order chi connectivity index (χ1) is 9.54. The number of nitrogens with one attached hydrogen (secondary N) is 1. The fourth-order valence-electron chi connectivity index (χ4n) is 1.28. The number of rotatable bonds is 9. The van der Waals surface area contributed by atoms with E-state index in [9.17, 15) is 14.4 Å². The Bertz CT molecular complexity index is 404. The van der Waals surface area contributed by atoms with E-state index in [0.717, 1.165) is 11.8 Å². The summed E-state index contributed by atoms with van der Waals surface area (Å²) in [7, 11) is 0. The van der Waals surface area contributed by atoms with Gasteiger partial charge in [0.1, 0.15) is 12.1 Å². The van der Waals surface area contributed by atoms with Gasteiger partial charge in [-0.2, -0.15) is 5.26 Å². The Labute approximate surface area is 122 Å². The molecule has 110 valence electrons. The van der Waals surface area contributed by atoms with Crippen molar-refractivity contribution in [1.29, 1.82) is 5.26 Å². The lowest BCUT2D eigenvalue weighted by Gasteiger charge is -2.15. The summed E-state index contributed by atoms with van der Waals surface area (Å²) in [5, 5.41) is 10.6. The molecule has 0 aliphatic heterocycles. The minimum absolute atomic E-state index is 0.150. The number of hydrogen-bond donors (Lipinski definition) is 1. The molecule has 1 unspecified atom stereocenters. The third kappa shape index (κ3) is 8.32. The second-order valence-electron chi connectivity index (χ2n) is 3.72. The summed E-state index contributed by atoms with van der Waals surface area (Å²) in [6.07, 6.45) is 2.09. The highest BCUT2D eigenvalue weighted by Crippen LogP contribution is 2.09. The van der Waals surface area contributed by atoms with Crippen molar-refractivity contribution in [2.75, 3.05) is 12.4 Å². The van der Waals surface area contributed by atoms with Crippen LogP contribution in [0.5, 0.6) is 0 Å². The number of carbonyl (C=O) groups is 3. The van der Waals surface area contributed by atoms with Gasteiger partial charge >= 0.3 is 5.97 Å². The first-order valence-electron chi connectivity index (χ1n) is 6.14. The molecule has 0 saturated carbocycles. The fourth-order valence-corrected chi connectivity index (χ4v) is 1.89. The number of hydrogen-bond acceptors (Lipinski definition) is 6. The van der Waals surface area contributed by atoms with Gasteiger partial charge in [-0.3, -0.25) is 9.59 Å². The molecule has 0 radical (unpaired) electrons. The molecular weight excluding hydrogens is 280 g/mol. The van der Waals surface area contributed by atoms with Gasteiger partial charge in [0.05, 0.1) is 0 Å². The maximum absolute atomic E-state index is 11.7.